The van der Waals surface area contributed by atoms with Gasteiger partial charge in [0.2, 0.25) is 5.88 Å². The van der Waals surface area contributed by atoms with Crippen molar-refractivity contribution in [2.24, 2.45) is 0 Å². The zero-order chi connectivity index (χ0) is 16.6. The first kappa shape index (κ1) is 14.7. The molecule has 3 N–H and O–H groups in total. The molecule has 0 unspecified atom stereocenters. The van der Waals surface area contributed by atoms with E-state index in [0.717, 1.165) is 5.39 Å². The molecule has 1 aromatic heterocycles. The second-order valence-electron chi connectivity index (χ2n) is 4.86. The molecule has 3 rings (SSSR count). The minimum absolute atomic E-state index is 0.0706. The molecule has 0 bridgehead atoms. The van der Waals surface area contributed by atoms with Crippen molar-refractivity contribution >= 4 is 34.5 Å². The summed E-state index contributed by atoms with van der Waals surface area (Å²) in [6.07, 6.45) is -1.45. The van der Waals surface area contributed by atoms with Crippen LogP contribution in [-0.2, 0) is 9.59 Å². The Morgan fingerprint density at radius 3 is 2.61 bits per heavy atom. The number of amides is 3. The van der Waals surface area contributed by atoms with Crippen LogP contribution in [0, 0.1) is 0 Å². The van der Waals surface area contributed by atoms with Gasteiger partial charge in [-0.25, -0.2) is 9.78 Å². The number of pyridine rings is 1. The number of fused-ring (bicyclic) bond motifs is 1. The maximum atomic E-state index is 11.8. The number of carbonyl (C=O) groups is 3. The second kappa shape index (κ2) is 5.54. The fourth-order valence-electron chi connectivity index (χ4n) is 2.17. The molecule has 1 aromatic carbocycles. The predicted molar refractivity (Wildman–Crippen MR) is 76.9 cm³/mol. The third-order valence-corrected chi connectivity index (χ3v) is 3.26. The molecule has 0 spiro atoms. The van der Waals surface area contributed by atoms with E-state index in [1.54, 1.807) is 24.3 Å². The molecule has 1 fully saturated rings. The van der Waals surface area contributed by atoms with Gasteiger partial charge in [0.25, 0.3) is 11.8 Å². The number of hydrazine groups is 1. The molecule has 9 nitrogen and oxygen atoms in total. The summed E-state index contributed by atoms with van der Waals surface area (Å²) >= 11 is 0. The van der Waals surface area contributed by atoms with Gasteiger partial charge in [0, 0.05) is 30.0 Å². The van der Waals surface area contributed by atoms with Crippen LogP contribution in [0.3, 0.4) is 0 Å². The zero-order valence-corrected chi connectivity index (χ0v) is 11.8. The molecule has 2 heterocycles. The summed E-state index contributed by atoms with van der Waals surface area (Å²) in [6.45, 7) is 0. The Labute approximate surface area is 129 Å². The smallest absolute Gasteiger partial charge is 0.399 e. The fourth-order valence-corrected chi connectivity index (χ4v) is 2.17. The monoisotopic (exact) mass is 316 g/mol. The van der Waals surface area contributed by atoms with Crippen molar-refractivity contribution in [2.45, 2.75) is 12.8 Å². The summed E-state index contributed by atoms with van der Waals surface area (Å²) < 4.78 is 4.87. The molecule has 0 radical (unpaired) electrons. The molecular weight excluding hydrogens is 304 g/mol. The first-order valence-corrected chi connectivity index (χ1v) is 6.68. The van der Waals surface area contributed by atoms with Crippen LogP contribution in [0.4, 0.5) is 10.5 Å². The van der Waals surface area contributed by atoms with Crippen LogP contribution in [0.25, 0.3) is 10.9 Å². The van der Waals surface area contributed by atoms with Gasteiger partial charge in [0.15, 0.2) is 0 Å². The van der Waals surface area contributed by atoms with Crippen molar-refractivity contribution in [1.29, 1.82) is 0 Å². The highest BCUT2D eigenvalue weighted by Crippen LogP contribution is 2.20. The number of benzene rings is 1. The van der Waals surface area contributed by atoms with Gasteiger partial charge < -0.3 is 10.5 Å². The van der Waals surface area contributed by atoms with E-state index in [9.17, 15) is 19.6 Å². The number of nitrogens with two attached hydrogens (primary N) is 1. The van der Waals surface area contributed by atoms with Crippen molar-refractivity contribution in [2.75, 3.05) is 5.73 Å². The number of rotatable bonds is 2. The maximum Gasteiger partial charge on any atom is 0.461 e. The SMILES string of the molecule is Nc1ccc2nc(OC(=O)N(O)N3C(=O)CCC3=O)ccc2c1. The molecule has 2 aromatic rings. The maximum absolute atomic E-state index is 11.8. The van der Waals surface area contributed by atoms with Crippen molar-refractivity contribution in [3.05, 3.63) is 30.3 Å². The predicted octanol–water partition coefficient (Wildman–Crippen LogP) is 1.07. The lowest BCUT2D eigenvalue weighted by Gasteiger charge is -2.21. The normalized spacial score (nSPS) is 14.4. The van der Waals surface area contributed by atoms with Crippen LogP contribution < -0.4 is 10.5 Å². The number of imide groups is 1. The number of nitrogen functional groups attached to an aromatic ring is 1. The first-order valence-electron chi connectivity index (χ1n) is 6.68. The van der Waals surface area contributed by atoms with Gasteiger partial charge in [-0.2, -0.15) is 5.01 Å². The van der Waals surface area contributed by atoms with E-state index in [1.807, 2.05) is 0 Å². The molecule has 1 aliphatic rings. The second-order valence-corrected chi connectivity index (χ2v) is 4.86. The molecule has 1 saturated heterocycles. The van der Waals surface area contributed by atoms with E-state index >= 15 is 0 Å². The zero-order valence-electron chi connectivity index (χ0n) is 11.8. The van der Waals surface area contributed by atoms with E-state index in [1.165, 1.54) is 6.07 Å². The Morgan fingerprint density at radius 1 is 1.22 bits per heavy atom. The lowest BCUT2D eigenvalue weighted by molar-refractivity contribution is -0.207. The van der Waals surface area contributed by atoms with E-state index in [2.05, 4.69) is 4.98 Å². The Kier molecular flexibility index (Phi) is 3.54. The molecule has 9 heteroatoms. The molecule has 0 saturated carbocycles. The summed E-state index contributed by atoms with van der Waals surface area (Å²) in [4.78, 5) is 38.8. The lowest BCUT2D eigenvalue weighted by Crippen LogP contribution is -2.48. The molecular formula is C14H12N4O5. The van der Waals surface area contributed by atoms with Crippen LogP contribution >= 0.6 is 0 Å². The third kappa shape index (κ3) is 2.77. The standard InChI is InChI=1S/C14H12N4O5/c15-9-2-3-10-8(7-9)1-4-11(16-10)23-14(21)18(22)17-12(19)5-6-13(17)20/h1-4,7,22H,5-6,15H2. The molecule has 0 aliphatic carbocycles. The van der Waals surface area contributed by atoms with Crippen LogP contribution in [0.5, 0.6) is 5.88 Å². The Hall–Kier alpha value is -3.20. The summed E-state index contributed by atoms with van der Waals surface area (Å²) in [6, 6.07) is 8.03. The van der Waals surface area contributed by atoms with E-state index in [0.29, 0.717) is 16.2 Å². The summed E-state index contributed by atoms with van der Waals surface area (Å²) in [7, 11) is 0. The van der Waals surface area contributed by atoms with Crippen molar-refractivity contribution in [3.8, 4) is 5.88 Å². The number of hydroxylamine groups is 1. The summed E-state index contributed by atoms with van der Waals surface area (Å²) in [5.41, 5.74) is 6.75. The van der Waals surface area contributed by atoms with Crippen molar-refractivity contribution in [3.63, 3.8) is 0 Å². The van der Waals surface area contributed by atoms with Gasteiger partial charge in [-0.1, -0.05) is 5.17 Å². The van der Waals surface area contributed by atoms with Crippen molar-refractivity contribution in [1.82, 2.24) is 15.2 Å². The fraction of sp³-hybridized carbons (Fsp3) is 0.143. The topological polar surface area (TPSA) is 126 Å². The van der Waals surface area contributed by atoms with Crippen molar-refractivity contribution < 1.29 is 24.3 Å². The Morgan fingerprint density at radius 2 is 1.91 bits per heavy atom. The number of hydrogen-bond acceptors (Lipinski definition) is 7. The van der Waals surface area contributed by atoms with Gasteiger partial charge in [0.05, 0.1) is 5.52 Å². The number of nitrogens with zero attached hydrogens (tertiary/aromatic N) is 3. The minimum Gasteiger partial charge on any atom is -0.399 e. The van der Waals surface area contributed by atoms with E-state index in [4.69, 9.17) is 10.5 Å². The first-order chi connectivity index (χ1) is 11.0. The third-order valence-electron chi connectivity index (χ3n) is 3.26. The van der Waals surface area contributed by atoms with Gasteiger partial charge in [0.1, 0.15) is 0 Å². The average molecular weight is 316 g/mol. The van der Waals surface area contributed by atoms with E-state index in [-0.39, 0.29) is 23.9 Å². The van der Waals surface area contributed by atoms with Crippen LogP contribution in [0.15, 0.2) is 30.3 Å². The van der Waals surface area contributed by atoms with Crippen LogP contribution in [0.2, 0.25) is 0 Å². The number of anilines is 1. The van der Waals surface area contributed by atoms with Gasteiger partial charge in [-0.05, 0) is 24.3 Å². The van der Waals surface area contributed by atoms with E-state index < -0.39 is 17.9 Å². The highest BCUT2D eigenvalue weighted by Gasteiger charge is 2.37. The Balaban J connectivity index is 1.78. The summed E-state index contributed by atoms with van der Waals surface area (Å²) in [5, 5.41) is 10.6. The van der Waals surface area contributed by atoms with Gasteiger partial charge in [-0.3, -0.25) is 14.8 Å². The number of carbonyl (C=O) groups excluding carboxylic acids is 3. The van der Waals surface area contributed by atoms with Gasteiger partial charge in [-0.15, -0.1) is 0 Å². The molecule has 3 amide bonds. The highest BCUT2D eigenvalue weighted by atomic mass is 16.7. The minimum atomic E-state index is -1.31. The molecule has 23 heavy (non-hydrogen) atoms. The molecule has 0 atom stereocenters. The Bertz CT molecular complexity index is 806. The lowest BCUT2D eigenvalue weighted by atomic mass is 10.2. The quantitative estimate of drug-likeness (QED) is 0.367. The molecule has 1 aliphatic heterocycles. The molecule has 118 valence electrons. The number of hydrogen-bond donors (Lipinski definition) is 2. The number of aromatic nitrogens is 1. The largest absolute Gasteiger partial charge is 0.461 e. The van der Waals surface area contributed by atoms with Gasteiger partial charge >= 0.3 is 6.09 Å². The summed E-state index contributed by atoms with van der Waals surface area (Å²) in [5.74, 6) is -1.46. The average Bonchev–Trinajstić information content (AvgIpc) is 2.85. The number of ether oxygens (including phenoxy) is 1. The van der Waals surface area contributed by atoms with Crippen LogP contribution in [-0.4, -0.2) is 38.3 Å². The van der Waals surface area contributed by atoms with Crippen LogP contribution in [0.1, 0.15) is 12.8 Å². The highest BCUT2D eigenvalue weighted by molar-refractivity contribution is 6.02.